The van der Waals surface area contributed by atoms with Gasteiger partial charge in [-0.25, -0.2) is 0 Å². The number of hydrogen-bond donors (Lipinski definition) is 0. The second-order valence-corrected chi connectivity index (χ2v) is 0.492. The van der Waals surface area contributed by atoms with Crippen molar-refractivity contribution in [2.24, 2.45) is 0 Å². The second-order valence-electron chi connectivity index (χ2n) is 0.492. The van der Waals surface area contributed by atoms with Crippen molar-refractivity contribution < 1.29 is 31.6 Å². The van der Waals surface area contributed by atoms with E-state index in [2.05, 4.69) is 0 Å². The molecule has 0 aliphatic rings. The largest absolute Gasteiger partial charge is 4.00 e. The molecule has 0 saturated heterocycles. The van der Waals surface area contributed by atoms with Crippen LogP contribution < -0.4 is 5.11 Å². The maximum Gasteiger partial charge on any atom is 4.00 e. The molecular weight excluding hydrogens is 104 g/mol. The van der Waals surface area contributed by atoms with E-state index in [1.165, 1.54) is 0 Å². The molecule has 0 aromatic heterocycles. The minimum absolute atomic E-state index is 0. The first-order valence-electron chi connectivity index (χ1n) is 0.908. The van der Waals surface area contributed by atoms with Gasteiger partial charge in [-0.05, 0) is 6.92 Å². The van der Waals surface area contributed by atoms with Gasteiger partial charge in [0.2, 0.25) is 0 Å². The van der Waals surface area contributed by atoms with E-state index in [1.54, 1.807) is 0 Å². The summed E-state index contributed by atoms with van der Waals surface area (Å²) in [6.07, 6.45) is 0. The van der Waals surface area contributed by atoms with Crippen molar-refractivity contribution in [2.45, 2.75) is 6.92 Å². The van der Waals surface area contributed by atoms with Crippen molar-refractivity contribution in [1.82, 2.24) is 0 Å². The van der Waals surface area contributed by atoms with Gasteiger partial charge in [-0.2, -0.15) is 0 Å². The number of rotatable bonds is 0. The van der Waals surface area contributed by atoms with Gasteiger partial charge in [0, 0.05) is 5.97 Å². The maximum absolute atomic E-state index is 8.89. The zero-order chi connectivity index (χ0) is 3.58. The fourth-order valence-corrected chi connectivity index (χ4v) is 0. The van der Waals surface area contributed by atoms with Crippen LogP contribution in [0.15, 0.2) is 0 Å². The number of aliphatic carboxylic acids is 1. The summed E-state index contributed by atoms with van der Waals surface area (Å²) in [5.41, 5.74) is 0. The molecule has 0 aromatic carbocycles. The van der Waals surface area contributed by atoms with Crippen molar-refractivity contribution in [1.29, 1.82) is 0 Å². The molecule has 0 aromatic rings. The molecule has 0 spiro atoms. The summed E-state index contributed by atoms with van der Waals surface area (Å²) < 4.78 is 0. The standard InChI is InChI=1S/C2H4O2.Ti/c1-2(3)4;/h1H3,(H,3,4);/q;+4/p-1. The Morgan fingerprint density at radius 2 is 1.80 bits per heavy atom. The van der Waals surface area contributed by atoms with Crippen LogP contribution in [0.3, 0.4) is 0 Å². The van der Waals surface area contributed by atoms with E-state index in [0.717, 1.165) is 6.92 Å². The second kappa shape index (κ2) is 4.18. The molecule has 0 aliphatic carbocycles. The van der Waals surface area contributed by atoms with Gasteiger partial charge in [-0.3, -0.25) is 0 Å². The predicted octanol–water partition coefficient (Wildman–Crippen LogP) is -1.25. The number of carbonyl (C=O) groups excluding carboxylic acids is 1. The van der Waals surface area contributed by atoms with Crippen LogP contribution >= 0.6 is 0 Å². The first-order chi connectivity index (χ1) is 1.73. The molecule has 0 saturated carbocycles. The van der Waals surface area contributed by atoms with Gasteiger partial charge >= 0.3 is 21.7 Å². The molecule has 0 bridgehead atoms. The van der Waals surface area contributed by atoms with Crippen LogP contribution in [-0.2, 0) is 26.5 Å². The molecule has 0 unspecified atom stereocenters. The third-order valence-corrected chi connectivity index (χ3v) is 0. The monoisotopic (exact) mass is 107 g/mol. The Morgan fingerprint density at radius 3 is 1.80 bits per heavy atom. The van der Waals surface area contributed by atoms with E-state index in [-0.39, 0.29) is 21.7 Å². The van der Waals surface area contributed by atoms with Crippen molar-refractivity contribution in [3.63, 3.8) is 0 Å². The molecule has 0 aliphatic heterocycles. The van der Waals surface area contributed by atoms with E-state index in [4.69, 9.17) is 9.90 Å². The maximum atomic E-state index is 8.89. The molecule has 0 atom stereocenters. The van der Waals surface area contributed by atoms with E-state index >= 15 is 0 Å². The smallest absolute Gasteiger partial charge is 0.550 e. The van der Waals surface area contributed by atoms with Crippen LogP contribution in [0.2, 0.25) is 0 Å². The Kier molecular flexibility index (Phi) is 7.49. The van der Waals surface area contributed by atoms with E-state index in [9.17, 15) is 0 Å². The van der Waals surface area contributed by atoms with Gasteiger partial charge in [0.25, 0.3) is 0 Å². The first kappa shape index (κ1) is 8.95. The summed E-state index contributed by atoms with van der Waals surface area (Å²) in [4.78, 5) is 8.89. The Balaban J connectivity index is 0. The third-order valence-electron chi connectivity index (χ3n) is 0. The summed E-state index contributed by atoms with van der Waals surface area (Å²) >= 11 is 0. The summed E-state index contributed by atoms with van der Waals surface area (Å²) in [5, 5.41) is 8.89. The Hall–Kier alpha value is 0.184. The van der Waals surface area contributed by atoms with Gasteiger partial charge in [0.1, 0.15) is 0 Å². The summed E-state index contributed by atoms with van der Waals surface area (Å²) in [6.45, 7) is 0.972. The van der Waals surface area contributed by atoms with Crippen LogP contribution in [0.5, 0.6) is 0 Å². The molecule has 0 radical (unpaired) electrons. The summed E-state index contributed by atoms with van der Waals surface area (Å²) in [5.74, 6) is -1.08. The van der Waals surface area contributed by atoms with Crippen LogP contribution in [0.1, 0.15) is 6.92 Å². The Bertz CT molecular complexity index is 30.6. The SMILES string of the molecule is CC(=O)[O-].[Ti+4]. The molecule has 0 N–H and O–H groups in total. The summed E-state index contributed by atoms with van der Waals surface area (Å²) in [6, 6.07) is 0. The Labute approximate surface area is 45.1 Å². The molecule has 0 rings (SSSR count). The van der Waals surface area contributed by atoms with Crippen LogP contribution in [0.4, 0.5) is 0 Å². The van der Waals surface area contributed by atoms with Crippen molar-refractivity contribution >= 4 is 5.97 Å². The quantitative estimate of drug-likeness (QED) is 0.363. The van der Waals surface area contributed by atoms with Crippen LogP contribution in [-0.4, -0.2) is 5.97 Å². The minimum Gasteiger partial charge on any atom is -0.550 e. The molecule has 2 nitrogen and oxygen atoms in total. The van der Waals surface area contributed by atoms with Gasteiger partial charge in [-0.1, -0.05) is 0 Å². The fourth-order valence-electron chi connectivity index (χ4n) is 0. The normalized spacial score (nSPS) is 5.00. The van der Waals surface area contributed by atoms with Crippen LogP contribution in [0.25, 0.3) is 0 Å². The number of carboxylic acid groups (broad SMARTS) is 1. The molecular formula is C2H3O2Ti+3. The minimum atomic E-state index is -1.08. The third kappa shape index (κ3) is 588. The van der Waals surface area contributed by atoms with Gasteiger partial charge in [0.15, 0.2) is 0 Å². The predicted molar refractivity (Wildman–Crippen MR) is 10.7 cm³/mol. The Morgan fingerprint density at radius 1 is 1.80 bits per heavy atom. The average molecular weight is 107 g/mol. The van der Waals surface area contributed by atoms with Gasteiger partial charge in [0.05, 0.1) is 0 Å². The number of carbonyl (C=O) groups is 1. The topological polar surface area (TPSA) is 40.1 Å². The molecule has 24 valence electrons. The van der Waals surface area contributed by atoms with E-state index < -0.39 is 5.97 Å². The number of hydrogen-bond acceptors (Lipinski definition) is 2. The van der Waals surface area contributed by atoms with E-state index in [1.807, 2.05) is 0 Å². The van der Waals surface area contributed by atoms with E-state index in [0.29, 0.717) is 0 Å². The van der Waals surface area contributed by atoms with Crippen molar-refractivity contribution in [3.8, 4) is 0 Å². The van der Waals surface area contributed by atoms with Crippen LogP contribution in [0, 0.1) is 0 Å². The van der Waals surface area contributed by atoms with Gasteiger partial charge < -0.3 is 9.90 Å². The average Bonchev–Trinajstić information content (AvgIpc) is 0.811. The fraction of sp³-hybridized carbons (Fsp3) is 0.500. The summed E-state index contributed by atoms with van der Waals surface area (Å²) in [7, 11) is 0. The van der Waals surface area contributed by atoms with Crippen molar-refractivity contribution in [2.75, 3.05) is 0 Å². The zero-order valence-corrected chi connectivity index (χ0v) is 4.38. The van der Waals surface area contributed by atoms with Crippen molar-refractivity contribution in [3.05, 3.63) is 0 Å². The first-order valence-corrected chi connectivity index (χ1v) is 0.908. The molecule has 0 fully saturated rings. The zero-order valence-electron chi connectivity index (χ0n) is 2.82. The molecule has 3 heteroatoms. The molecule has 0 heterocycles. The van der Waals surface area contributed by atoms with Gasteiger partial charge in [-0.15, -0.1) is 0 Å². The molecule has 5 heavy (non-hydrogen) atoms. The molecule has 0 amide bonds. The number of carboxylic acids is 1.